The molecule has 5 rings (SSSR count). The van der Waals surface area contributed by atoms with E-state index in [2.05, 4.69) is 17.0 Å². The molecule has 0 amide bonds. The monoisotopic (exact) mass is 350 g/mol. The number of aromatic nitrogens is 4. The Kier molecular flexibility index (Phi) is 3.45. The summed E-state index contributed by atoms with van der Waals surface area (Å²) in [6.07, 6.45) is 5.27. The van der Waals surface area contributed by atoms with Crippen molar-refractivity contribution >= 4 is 27.2 Å². The number of para-hydroxylation sites is 1. The number of hydrogen-bond donors (Lipinski definition) is 0. The Hall–Kier alpha value is -2.47. The molecule has 1 aliphatic rings. The summed E-state index contributed by atoms with van der Waals surface area (Å²) >= 11 is 1.81. The van der Waals surface area contributed by atoms with Crippen LogP contribution in [0.5, 0.6) is 5.75 Å². The second-order valence-electron chi connectivity index (χ2n) is 6.67. The zero-order valence-electron chi connectivity index (χ0n) is 14.0. The van der Waals surface area contributed by atoms with Crippen LogP contribution in [0.2, 0.25) is 0 Å². The van der Waals surface area contributed by atoms with Gasteiger partial charge >= 0.3 is 0 Å². The number of fused-ring (bicyclic) bond motifs is 5. The first-order valence-corrected chi connectivity index (χ1v) is 9.42. The highest BCUT2D eigenvalue weighted by Gasteiger charge is 2.23. The number of thiophene rings is 1. The molecule has 4 aromatic rings. The molecular weight excluding hydrogens is 332 g/mol. The molecule has 0 fully saturated rings. The average molecular weight is 350 g/mol. The van der Waals surface area contributed by atoms with Gasteiger partial charge in [-0.2, -0.15) is 0 Å². The minimum absolute atomic E-state index is 0.358. The third kappa shape index (κ3) is 2.57. The number of aryl methyl sites for hydroxylation is 1. The standard InChI is InChI=1S/C19H18N4OS/c1-12-7-8-14-15(9-12)25-19-17(14)18-21-16(22-23(18)11-20-19)10-24-13-5-3-2-4-6-13/h2-6,11-12H,7-10H2,1H3/t12-/m0/s1. The van der Waals surface area contributed by atoms with Crippen molar-refractivity contribution in [2.24, 2.45) is 5.92 Å². The van der Waals surface area contributed by atoms with Crippen LogP contribution in [0.15, 0.2) is 36.7 Å². The molecule has 0 bridgehead atoms. The van der Waals surface area contributed by atoms with Crippen molar-refractivity contribution < 1.29 is 4.74 Å². The van der Waals surface area contributed by atoms with Gasteiger partial charge in [0.15, 0.2) is 11.5 Å². The van der Waals surface area contributed by atoms with Gasteiger partial charge in [0.25, 0.3) is 0 Å². The van der Waals surface area contributed by atoms with E-state index in [-0.39, 0.29) is 0 Å². The molecule has 5 nitrogen and oxygen atoms in total. The molecule has 1 aliphatic carbocycles. The molecule has 126 valence electrons. The lowest BCUT2D eigenvalue weighted by atomic mass is 9.89. The van der Waals surface area contributed by atoms with Crippen LogP contribution in [-0.2, 0) is 19.4 Å². The normalized spacial score (nSPS) is 17.1. The summed E-state index contributed by atoms with van der Waals surface area (Å²) in [6, 6.07) is 9.76. The molecule has 0 unspecified atom stereocenters. The molecule has 0 radical (unpaired) electrons. The molecule has 25 heavy (non-hydrogen) atoms. The molecule has 3 aromatic heterocycles. The maximum absolute atomic E-state index is 5.79. The highest BCUT2D eigenvalue weighted by Crippen LogP contribution is 2.38. The fourth-order valence-corrected chi connectivity index (χ4v) is 4.85. The SMILES string of the molecule is C[C@H]1CCc2c(sc3ncn4nc(COc5ccccc5)nc4c23)C1. The van der Waals surface area contributed by atoms with Gasteiger partial charge in [-0.1, -0.05) is 25.1 Å². The third-order valence-corrected chi connectivity index (χ3v) is 5.95. The van der Waals surface area contributed by atoms with E-state index < -0.39 is 0 Å². The zero-order chi connectivity index (χ0) is 16.8. The number of nitrogens with zero attached hydrogens (tertiary/aromatic N) is 4. The molecule has 3 heterocycles. The van der Waals surface area contributed by atoms with Crippen LogP contribution in [0.25, 0.3) is 15.9 Å². The molecule has 0 saturated heterocycles. The lowest BCUT2D eigenvalue weighted by Crippen LogP contribution is -2.08. The van der Waals surface area contributed by atoms with Crippen molar-refractivity contribution in [3.05, 3.63) is 52.9 Å². The van der Waals surface area contributed by atoms with E-state index in [0.717, 1.165) is 35.0 Å². The van der Waals surface area contributed by atoms with Crippen LogP contribution in [-0.4, -0.2) is 19.6 Å². The lowest BCUT2D eigenvalue weighted by molar-refractivity contribution is 0.296. The van der Waals surface area contributed by atoms with Gasteiger partial charge in [-0.25, -0.2) is 14.5 Å². The summed E-state index contributed by atoms with van der Waals surface area (Å²) in [6.45, 7) is 2.68. The van der Waals surface area contributed by atoms with Gasteiger partial charge in [-0.15, -0.1) is 16.4 Å². The first kappa shape index (κ1) is 14.8. The smallest absolute Gasteiger partial charge is 0.189 e. The number of rotatable bonds is 3. The Balaban J connectivity index is 1.54. The van der Waals surface area contributed by atoms with Gasteiger partial charge < -0.3 is 4.74 Å². The molecule has 0 aliphatic heterocycles. The molecule has 1 aromatic carbocycles. The lowest BCUT2D eigenvalue weighted by Gasteiger charge is -2.17. The second-order valence-corrected chi connectivity index (χ2v) is 7.76. The second kappa shape index (κ2) is 5.81. The van der Waals surface area contributed by atoms with E-state index in [1.807, 2.05) is 41.7 Å². The summed E-state index contributed by atoms with van der Waals surface area (Å²) < 4.78 is 7.57. The van der Waals surface area contributed by atoms with E-state index in [1.165, 1.54) is 22.2 Å². The maximum atomic E-state index is 5.79. The fourth-order valence-electron chi connectivity index (χ4n) is 3.51. The van der Waals surface area contributed by atoms with Crippen molar-refractivity contribution in [2.75, 3.05) is 0 Å². The van der Waals surface area contributed by atoms with Crippen molar-refractivity contribution in [3.63, 3.8) is 0 Å². The van der Waals surface area contributed by atoms with Crippen molar-refractivity contribution in [1.29, 1.82) is 0 Å². The van der Waals surface area contributed by atoms with E-state index >= 15 is 0 Å². The van der Waals surface area contributed by atoms with Gasteiger partial charge in [0.05, 0.1) is 5.39 Å². The molecule has 0 spiro atoms. The van der Waals surface area contributed by atoms with Gasteiger partial charge in [-0.3, -0.25) is 0 Å². The van der Waals surface area contributed by atoms with Crippen LogP contribution >= 0.6 is 11.3 Å². The van der Waals surface area contributed by atoms with Crippen LogP contribution in [0.4, 0.5) is 0 Å². The molecular formula is C19H18N4OS. The highest BCUT2D eigenvalue weighted by atomic mass is 32.1. The molecule has 6 heteroatoms. The minimum atomic E-state index is 0.358. The summed E-state index contributed by atoms with van der Waals surface area (Å²) in [5.41, 5.74) is 2.34. The summed E-state index contributed by atoms with van der Waals surface area (Å²) in [4.78, 5) is 11.9. The van der Waals surface area contributed by atoms with E-state index in [9.17, 15) is 0 Å². The fraction of sp³-hybridized carbons (Fsp3) is 0.316. The summed E-state index contributed by atoms with van der Waals surface area (Å²) in [7, 11) is 0. The third-order valence-electron chi connectivity index (χ3n) is 4.79. The predicted molar refractivity (Wildman–Crippen MR) is 98.1 cm³/mol. The first-order valence-electron chi connectivity index (χ1n) is 8.60. The number of hydrogen-bond acceptors (Lipinski definition) is 5. The van der Waals surface area contributed by atoms with E-state index in [1.54, 1.807) is 10.8 Å². The van der Waals surface area contributed by atoms with Gasteiger partial charge in [0.2, 0.25) is 0 Å². The predicted octanol–water partition coefficient (Wildman–Crippen LogP) is 4.04. The van der Waals surface area contributed by atoms with Crippen LogP contribution in [0, 0.1) is 5.92 Å². The van der Waals surface area contributed by atoms with E-state index in [0.29, 0.717) is 12.4 Å². The Morgan fingerprint density at radius 3 is 3.04 bits per heavy atom. The number of ether oxygens (including phenoxy) is 1. The van der Waals surface area contributed by atoms with Crippen molar-refractivity contribution in [1.82, 2.24) is 19.6 Å². The molecule has 0 N–H and O–H groups in total. The van der Waals surface area contributed by atoms with Crippen molar-refractivity contribution in [3.8, 4) is 5.75 Å². The maximum Gasteiger partial charge on any atom is 0.189 e. The Labute approximate surface area is 149 Å². The topological polar surface area (TPSA) is 52.3 Å². The van der Waals surface area contributed by atoms with Gasteiger partial charge in [-0.05, 0) is 42.9 Å². The summed E-state index contributed by atoms with van der Waals surface area (Å²) in [5, 5.41) is 5.73. The average Bonchev–Trinajstić information content (AvgIpc) is 3.20. The molecule has 1 atom stereocenters. The Morgan fingerprint density at radius 2 is 2.16 bits per heavy atom. The van der Waals surface area contributed by atoms with Gasteiger partial charge in [0, 0.05) is 4.88 Å². The van der Waals surface area contributed by atoms with Gasteiger partial charge in [0.1, 0.15) is 23.5 Å². The Morgan fingerprint density at radius 1 is 1.28 bits per heavy atom. The number of benzene rings is 1. The van der Waals surface area contributed by atoms with Crippen molar-refractivity contribution in [2.45, 2.75) is 32.8 Å². The van der Waals surface area contributed by atoms with E-state index in [4.69, 9.17) is 9.72 Å². The quantitative estimate of drug-likeness (QED) is 0.559. The Bertz CT molecular complexity index is 1050. The molecule has 0 saturated carbocycles. The van der Waals surface area contributed by atoms with Crippen LogP contribution in [0.1, 0.15) is 29.6 Å². The summed E-state index contributed by atoms with van der Waals surface area (Å²) in [5.74, 6) is 2.26. The minimum Gasteiger partial charge on any atom is -0.486 e. The largest absolute Gasteiger partial charge is 0.486 e. The highest BCUT2D eigenvalue weighted by molar-refractivity contribution is 7.19. The van der Waals surface area contributed by atoms with Crippen LogP contribution in [0.3, 0.4) is 0 Å². The first-order chi connectivity index (χ1) is 12.3. The zero-order valence-corrected chi connectivity index (χ0v) is 14.8. The van der Waals surface area contributed by atoms with Crippen LogP contribution < -0.4 is 4.74 Å².